The molecule has 3 atom stereocenters. The molecule has 2 rings (SSSR count). The number of hydrogen-bond donors (Lipinski definition) is 0. The van der Waals surface area contributed by atoms with E-state index in [0.29, 0.717) is 16.7 Å². The molecule has 3 unspecified atom stereocenters. The maximum absolute atomic E-state index is 5.25. The van der Waals surface area contributed by atoms with Gasteiger partial charge < -0.3 is 4.74 Å². The molecule has 0 aliphatic rings. The molecule has 2 aromatic rings. The highest BCUT2D eigenvalue weighted by Gasteiger charge is 2.26. The standard InChI is InChI=1S/C19H23BrO/c1-4-14(2)18(15-8-6-5-7-9-15)19(20)16-10-12-17(21-3)13-11-16/h5-14,18-19H,4H2,1-3H3. The Morgan fingerprint density at radius 1 is 0.952 bits per heavy atom. The zero-order valence-electron chi connectivity index (χ0n) is 12.9. The van der Waals surface area contributed by atoms with E-state index in [-0.39, 0.29) is 0 Å². The van der Waals surface area contributed by atoms with Crippen LogP contribution in [0, 0.1) is 5.92 Å². The summed E-state index contributed by atoms with van der Waals surface area (Å²) in [5.41, 5.74) is 2.69. The summed E-state index contributed by atoms with van der Waals surface area (Å²) in [6.45, 7) is 4.59. The van der Waals surface area contributed by atoms with Crippen LogP contribution in [-0.2, 0) is 0 Å². The van der Waals surface area contributed by atoms with Gasteiger partial charge in [-0.15, -0.1) is 0 Å². The van der Waals surface area contributed by atoms with Crippen molar-refractivity contribution in [1.82, 2.24) is 0 Å². The van der Waals surface area contributed by atoms with Gasteiger partial charge in [0.05, 0.1) is 7.11 Å². The summed E-state index contributed by atoms with van der Waals surface area (Å²) in [5.74, 6) is 1.97. The SMILES string of the molecule is CCC(C)C(c1ccccc1)C(Br)c1ccc(OC)cc1. The minimum absolute atomic E-state index is 0.306. The second kappa shape index (κ2) is 7.65. The monoisotopic (exact) mass is 346 g/mol. The number of hydrogen-bond acceptors (Lipinski definition) is 1. The Morgan fingerprint density at radius 2 is 1.57 bits per heavy atom. The molecular formula is C19H23BrO. The molecule has 0 amide bonds. The lowest BCUT2D eigenvalue weighted by Gasteiger charge is -2.29. The first kappa shape index (κ1) is 16.1. The number of halogens is 1. The summed E-state index contributed by atoms with van der Waals surface area (Å²) in [7, 11) is 1.70. The fourth-order valence-corrected chi connectivity index (χ4v) is 3.84. The van der Waals surface area contributed by atoms with Crippen LogP contribution < -0.4 is 4.74 Å². The van der Waals surface area contributed by atoms with Crippen molar-refractivity contribution in [2.75, 3.05) is 7.11 Å². The van der Waals surface area contributed by atoms with E-state index in [1.54, 1.807) is 7.11 Å². The van der Waals surface area contributed by atoms with E-state index in [2.05, 4.69) is 72.2 Å². The van der Waals surface area contributed by atoms with Gasteiger partial charge in [-0.3, -0.25) is 0 Å². The van der Waals surface area contributed by atoms with Gasteiger partial charge in [0.2, 0.25) is 0 Å². The molecular weight excluding hydrogens is 324 g/mol. The number of benzene rings is 2. The van der Waals surface area contributed by atoms with Crippen LogP contribution in [0.25, 0.3) is 0 Å². The Balaban J connectivity index is 2.31. The zero-order chi connectivity index (χ0) is 15.2. The third-order valence-electron chi connectivity index (χ3n) is 4.19. The predicted molar refractivity (Wildman–Crippen MR) is 93.3 cm³/mol. The average molecular weight is 347 g/mol. The minimum atomic E-state index is 0.306. The molecule has 112 valence electrons. The van der Waals surface area contributed by atoms with Gasteiger partial charge in [0, 0.05) is 10.7 Å². The molecule has 0 N–H and O–H groups in total. The fourth-order valence-electron chi connectivity index (χ4n) is 2.71. The summed E-state index contributed by atoms with van der Waals surface area (Å²) in [5, 5.41) is 0. The maximum atomic E-state index is 5.25. The van der Waals surface area contributed by atoms with E-state index in [1.807, 2.05) is 12.1 Å². The van der Waals surface area contributed by atoms with E-state index in [4.69, 9.17) is 4.74 Å². The van der Waals surface area contributed by atoms with Crippen LogP contribution in [-0.4, -0.2) is 7.11 Å². The third-order valence-corrected chi connectivity index (χ3v) is 5.29. The van der Waals surface area contributed by atoms with Gasteiger partial charge in [-0.2, -0.15) is 0 Å². The summed E-state index contributed by atoms with van der Waals surface area (Å²) in [6.07, 6.45) is 1.16. The van der Waals surface area contributed by atoms with Crippen LogP contribution in [0.4, 0.5) is 0 Å². The number of alkyl halides is 1. The van der Waals surface area contributed by atoms with E-state index >= 15 is 0 Å². The highest BCUT2D eigenvalue weighted by Crippen LogP contribution is 2.43. The smallest absolute Gasteiger partial charge is 0.118 e. The zero-order valence-corrected chi connectivity index (χ0v) is 14.5. The van der Waals surface area contributed by atoms with Crippen LogP contribution in [0.2, 0.25) is 0 Å². The van der Waals surface area contributed by atoms with E-state index in [9.17, 15) is 0 Å². The highest BCUT2D eigenvalue weighted by molar-refractivity contribution is 9.09. The van der Waals surface area contributed by atoms with E-state index in [0.717, 1.165) is 12.2 Å². The van der Waals surface area contributed by atoms with Crippen molar-refractivity contribution in [2.24, 2.45) is 5.92 Å². The van der Waals surface area contributed by atoms with Crippen molar-refractivity contribution in [3.63, 3.8) is 0 Å². The Hall–Kier alpha value is -1.28. The van der Waals surface area contributed by atoms with Crippen molar-refractivity contribution in [3.8, 4) is 5.75 Å². The second-order valence-electron chi connectivity index (χ2n) is 5.50. The molecule has 2 heteroatoms. The number of rotatable bonds is 6. The number of ether oxygens (including phenoxy) is 1. The van der Waals surface area contributed by atoms with Crippen LogP contribution in [0.1, 0.15) is 42.1 Å². The molecule has 0 saturated heterocycles. The molecule has 0 aliphatic carbocycles. The van der Waals surface area contributed by atoms with Gasteiger partial charge in [-0.25, -0.2) is 0 Å². The lowest BCUT2D eigenvalue weighted by molar-refractivity contribution is 0.414. The maximum Gasteiger partial charge on any atom is 0.118 e. The van der Waals surface area contributed by atoms with Crippen LogP contribution in [0.3, 0.4) is 0 Å². The third kappa shape index (κ3) is 3.88. The molecule has 1 nitrogen and oxygen atoms in total. The van der Waals surface area contributed by atoms with Crippen LogP contribution in [0.5, 0.6) is 5.75 Å². The van der Waals surface area contributed by atoms with Gasteiger partial charge in [-0.05, 0) is 29.2 Å². The first-order chi connectivity index (χ1) is 10.2. The summed E-state index contributed by atoms with van der Waals surface area (Å²) >= 11 is 3.94. The Bertz CT molecular complexity index is 535. The van der Waals surface area contributed by atoms with Crippen molar-refractivity contribution in [2.45, 2.75) is 31.0 Å². The minimum Gasteiger partial charge on any atom is -0.497 e. The van der Waals surface area contributed by atoms with Crippen LogP contribution in [0.15, 0.2) is 54.6 Å². The molecule has 0 fully saturated rings. The predicted octanol–water partition coefficient (Wildman–Crippen LogP) is 5.96. The van der Waals surface area contributed by atoms with E-state index < -0.39 is 0 Å². The van der Waals surface area contributed by atoms with Gasteiger partial charge in [0.25, 0.3) is 0 Å². The lowest BCUT2D eigenvalue weighted by atomic mass is 9.81. The first-order valence-corrected chi connectivity index (χ1v) is 8.42. The molecule has 0 spiro atoms. The largest absolute Gasteiger partial charge is 0.497 e. The molecule has 0 aromatic heterocycles. The lowest BCUT2D eigenvalue weighted by Crippen LogP contribution is -2.14. The Morgan fingerprint density at radius 3 is 2.10 bits per heavy atom. The summed E-state index contributed by atoms with van der Waals surface area (Å²) in [4.78, 5) is 0.306. The molecule has 0 heterocycles. The van der Waals surface area contributed by atoms with Gasteiger partial charge in [0.1, 0.15) is 5.75 Å². The van der Waals surface area contributed by atoms with Crippen molar-refractivity contribution in [3.05, 3.63) is 65.7 Å². The molecule has 0 aliphatic heterocycles. The number of methoxy groups -OCH3 is 1. The highest BCUT2D eigenvalue weighted by atomic mass is 79.9. The second-order valence-corrected chi connectivity index (χ2v) is 6.48. The topological polar surface area (TPSA) is 9.23 Å². The molecule has 2 aromatic carbocycles. The van der Waals surface area contributed by atoms with Crippen molar-refractivity contribution in [1.29, 1.82) is 0 Å². The molecule has 21 heavy (non-hydrogen) atoms. The van der Waals surface area contributed by atoms with Gasteiger partial charge >= 0.3 is 0 Å². The van der Waals surface area contributed by atoms with Gasteiger partial charge in [0.15, 0.2) is 0 Å². The van der Waals surface area contributed by atoms with Gasteiger partial charge in [-0.1, -0.05) is 78.7 Å². The quantitative estimate of drug-likeness (QED) is 0.586. The van der Waals surface area contributed by atoms with Crippen molar-refractivity contribution >= 4 is 15.9 Å². The Kier molecular flexibility index (Phi) is 5.86. The molecule has 0 saturated carbocycles. The van der Waals surface area contributed by atoms with Crippen LogP contribution >= 0.6 is 15.9 Å². The normalized spacial score (nSPS) is 15.2. The molecule has 0 radical (unpaired) electrons. The Labute approximate surface area is 136 Å². The average Bonchev–Trinajstić information content (AvgIpc) is 2.55. The fraction of sp³-hybridized carbons (Fsp3) is 0.368. The summed E-state index contributed by atoms with van der Waals surface area (Å²) < 4.78 is 5.25. The summed E-state index contributed by atoms with van der Waals surface area (Å²) in [6, 6.07) is 19.1. The molecule has 0 bridgehead atoms. The van der Waals surface area contributed by atoms with Crippen molar-refractivity contribution < 1.29 is 4.74 Å². The first-order valence-electron chi connectivity index (χ1n) is 7.50. The van der Waals surface area contributed by atoms with E-state index in [1.165, 1.54) is 11.1 Å².